The van der Waals surface area contributed by atoms with Crippen LogP contribution < -0.4 is 4.57 Å². The van der Waals surface area contributed by atoms with Crippen molar-refractivity contribution in [3.63, 3.8) is 0 Å². The number of rotatable bonds is 5. The van der Waals surface area contributed by atoms with Crippen LogP contribution in [0.5, 0.6) is 0 Å². The molecule has 1 heterocycles. The van der Waals surface area contributed by atoms with Crippen LogP contribution in [0.1, 0.15) is 16.1 Å². The van der Waals surface area contributed by atoms with Gasteiger partial charge in [0.15, 0.2) is 12.2 Å². The zero-order valence-corrected chi connectivity index (χ0v) is 10.9. The van der Waals surface area contributed by atoms with Crippen molar-refractivity contribution in [1.82, 2.24) is 0 Å². The molecule has 90 valence electrons. The highest BCUT2D eigenvalue weighted by molar-refractivity contribution is 7.09. The first-order valence-electron chi connectivity index (χ1n) is 5.92. The third-order valence-corrected chi connectivity index (χ3v) is 4.12. The Balaban J connectivity index is 2.00. The van der Waals surface area contributed by atoms with Gasteiger partial charge in [0.1, 0.15) is 0 Å². The highest BCUT2D eigenvalue weighted by Crippen LogP contribution is 2.11. The van der Waals surface area contributed by atoms with Gasteiger partial charge in [-0.25, -0.2) is 0 Å². The molecule has 0 saturated heterocycles. The van der Waals surface area contributed by atoms with E-state index in [1.165, 1.54) is 16.1 Å². The fraction of sp³-hybridized carbons (Fsp3) is 0.357. The molecule has 0 atom stereocenters. The molecule has 1 aromatic heterocycles. The van der Waals surface area contributed by atoms with Crippen LogP contribution >= 0.6 is 11.3 Å². The van der Waals surface area contributed by atoms with Gasteiger partial charge in [-0.05, 0) is 5.56 Å². The molecule has 0 amide bonds. The molecule has 2 rings (SSSR count). The van der Waals surface area contributed by atoms with E-state index in [0.717, 1.165) is 19.4 Å². The minimum atomic E-state index is 0.236. The van der Waals surface area contributed by atoms with Crippen molar-refractivity contribution >= 4 is 11.3 Å². The SMILES string of the molecule is Cc1c(CCO)sc[n+]1CCc1ccccc1. The van der Waals surface area contributed by atoms with Crippen molar-refractivity contribution in [2.75, 3.05) is 6.61 Å². The number of aliphatic hydroxyl groups excluding tert-OH is 1. The highest BCUT2D eigenvalue weighted by atomic mass is 32.1. The highest BCUT2D eigenvalue weighted by Gasteiger charge is 2.14. The van der Waals surface area contributed by atoms with Gasteiger partial charge >= 0.3 is 0 Å². The van der Waals surface area contributed by atoms with E-state index >= 15 is 0 Å². The van der Waals surface area contributed by atoms with Crippen molar-refractivity contribution in [3.8, 4) is 0 Å². The first-order chi connectivity index (χ1) is 8.31. The largest absolute Gasteiger partial charge is 0.396 e. The first-order valence-corrected chi connectivity index (χ1v) is 6.80. The van der Waals surface area contributed by atoms with E-state index < -0.39 is 0 Å². The number of nitrogens with zero attached hydrogens (tertiary/aromatic N) is 1. The minimum Gasteiger partial charge on any atom is -0.396 e. The third-order valence-electron chi connectivity index (χ3n) is 2.98. The van der Waals surface area contributed by atoms with Crippen molar-refractivity contribution in [1.29, 1.82) is 0 Å². The summed E-state index contributed by atoms with van der Waals surface area (Å²) in [6, 6.07) is 10.5. The first kappa shape index (κ1) is 12.3. The lowest BCUT2D eigenvalue weighted by atomic mass is 10.1. The lowest BCUT2D eigenvalue weighted by Gasteiger charge is -1.98. The van der Waals surface area contributed by atoms with Crippen LogP contribution in [-0.4, -0.2) is 11.7 Å². The average molecular weight is 248 g/mol. The van der Waals surface area contributed by atoms with Gasteiger partial charge in [0.05, 0.1) is 4.88 Å². The fourth-order valence-corrected chi connectivity index (χ4v) is 2.92. The number of hydrogen-bond donors (Lipinski definition) is 1. The predicted octanol–water partition coefficient (Wildman–Crippen LogP) is 2.12. The van der Waals surface area contributed by atoms with Gasteiger partial charge in [-0.15, -0.1) is 0 Å². The summed E-state index contributed by atoms with van der Waals surface area (Å²) in [5.74, 6) is 0. The van der Waals surface area contributed by atoms with E-state index in [4.69, 9.17) is 5.11 Å². The van der Waals surface area contributed by atoms with Crippen molar-refractivity contribution < 1.29 is 9.67 Å². The fourth-order valence-electron chi connectivity index (χ4n) is 1.91. The molecule has 17 heavy (non-hydrogen) atoms. The smallest absolute Gasteiger partial charge is 0.225 e. The number of benzene rings is 1. The molecule has 0 fully saturated rings. The maximum Gasteiger partial charge on any atom is 0.225 e. The molecule has 0 saturated carbocycles. The van der Waals surface area contributed by atoms with Gasteiger partial charge < -0.3 is 5.11 Å². The van der Waals surface area contributed by atoms with Gasteiger partial charge in [0.25, 0.3) is 0 Å². The lowest BCUT2D eigenvalue weighted by molar-refractivity contribution is -0.697. The van der Waals surface area contributed by atoms with E-state index in [9.17, 15) is 0 Å². The maximum absolute atomic E-state index is 8.96. The number of aryl methyl sites for hydroxylation is 2. The quantitative estimate of drug-likeness (QED) is 0.805. The van der Waals surface area contributed by atoms with Gasteiger partial charge in [-0.3, -0.25) is 0 Å². The van der Waals surface area contributed by atoms with Crippen LogP contribution in [0.2, 0.25) is 0 Å². The molecule has 0 aliphatic carbocycles. The zero-order chi connectivity index (χ0) is 12.1. The molecule has 0 spiro atoms. The molecule has 0 bridgehead atoms. The Kier molecular flexibility index (Phi) is 4.29. The molecular formula is C14H18NOS+. The molecule has 2 nitrogen and oxygen atoms in total. The average Bonchev–Trinajstić information content (AvgIpc) is 2.70. The van der Waals surface area contributed by atoms with E-state index in [0.29, 0.717) is 0 Å². The second-order valence-electron chi connectivity index (χ2n) is 4.13. The Labute approximate surface area is 106 Å². The minimum absolute atomic E-state index is 0.236. The van der Waals surface area contributed by atoms with Crippen LogP contribution in [0.25, 0.3) is 0 Å². The maximum atomic E-state index is 8.96. The molecule has 3 heteroatoms. The molecule has 0 unspecified atom stereocenters. The molecule has 0 aliphatic rings. The number of aromatic nitrogens is 1. The normalized spacial score (nSPS) is 10.7. The summed E-state index contributed by atoms with van der Waals surface area (Å²) >= 11 is 1.74. The molecule has 1 aromatic carbocycles. The van der Waals surface area contributed by atoms with E-state index in [1.54, 1.807) is 11.3 Å². The Morgan fingerprint density at radius 2 is 1.94 bits per heavy atom. The van der Waals surface area contributed by atoms with E-state index in [1.807, 2.05) is 6.07 Å². The van der Waals surface area contributed by atoms with Crippen LogP contribution in [-0.2, 0) is 19.4 Å². The second kappa shape index (κ2) is 5.94. The molecule has 0 radical (unpaired) electrons. The summed E-state index contributed by atoms with van der Waals surface area (Å²) < 4.78 is 2.28. The summed E-state index contributed by atoms with van der Waals surface area (Å²) in [6.07, 6.45) is 1.83. The monoisotopic (exact) mass is 248 g/mol. The summed E-state index contributed by atoms with van der Waals surface area (Å²) in [7, 11) is 0. The van der Waals surface area contributed by atoms with E-state index in [-0.39, 0.29) is 6.61 Å². The summed E-state index contributed by atoms with van der Waals surface area (Å²) in [4.78, 5) is 1.29. The predicted molar refractivity (Wildman–Crippen MR) is 70.2 cm³/mol. The third kappa shape index (κ3) is 3.14. The van der Waals surface area contributed by atoms with Crippen LogP contribution in [0, 0.1) is 6.92 Å². The Bertz CT molecular complexity index is 464. The van der Waals surface area contributed by atoms with Gasteiger partial charge in [-0.2, -0.15) is 4.57 Å². The lowest BCUT2D eigenvalue weighted by Crippen LogP contribution is -2.35. The van der Waals surface area contributed by atoms with Crippen molar-refractivity contribution in [2.24, 2.45) is 0 Å². The van der Waals surface area contributed by atoms with Crippen molar-refractivity contribution in [2.45, 2.75) is 26.3 Å². The Hall–Kier alpha value is -1.19. The molecule has 2 aromatic rings. The Morgan fingerprint density at radius 3 is 2.65 bits per heavy atom. The number of thiazole rings is 1. The molecule has 0 aliphatic heterocycles. The van der Waals surface area contributed by atoms with Gasteiger partial charge in [0, 0.05) is 26.4 Å². The van der Waals surface area contributed by atoms with Gasteiger partial charge in [-0.1, -0.05) is 41.7 Å². The molecule has 1 N–H and O–H groups in total. The summed E-state index contributed by atoms with van der Waals surface area (Å²) in [5, 5.41) is 8.96. The standard InChI is InChI=1S/C14H18NOS/c1-12-14(8-10-16)17-11-15(12)9-7-13-5-3-2-4-6-13/h2-6,11,16H,7-10H2,1H3/q+1. The van der Waals surface area contributed by atoms with Gasteiger partial charge in [0.2, 0.25) is 5.51 Å². The van der Waals surface area contributed by atoms with Crippen LogP contribution in [0.15, 0.2) is 35.8 Å². The second-order valence-corrected chi connectivity index (χ2v) is 5.07. The number of hydrogen-bond acceptors (Lipinski definition) is 2. The number of aliphatic hydroxyl groups is 1. The van der Waals surface area contributed by atoms with Crippen LogP contribution in [0.3, 0.4) is 0 Å². The van der Waals surface area contributed by atoms with Crippen LogP contribution in [0.4, 0.5) is 0 Å². The topological polar surface area (TPSA) is 24.1 Å². The van der Waals surface area contributed by atoms with E-state index in [2.05, 4.69) is 41.3 Å². The Morgan fingerprint density at radius 1 is 1.18 bits per heavy atom. The summed E-state index contributed by atoms with van der Waals surface area (Å²) in [5.41, 5.74) is 4.82. The molecular weight excluding hydrogens is 230 g/mol. The summed E-state index contributed by atoms with van der Waals surface area (Å²) in [6.45, 7) is 3.38. The zero-order valence-electron chi connectivity index (χ0n) is 10.1. The van der Waals surface area contributed by atoms with Crippen molar-refractivity contribution in [3.05, 3.63) is 52.0 Å².